The summed E-state index contributed by atoms with van der Waals surface area (Å²) in [4.78, 5) is 0. The van der Waals surface area contributed by atoms with E-state index in [1.54, 1.807) is 11.6 Å². The summed E-state index contributed by atoms with van der Waals surface area (Å²) in [6.07, 6.45) is 0. The predicted octanol–water partition coefficient (Wildman–Crippen LogP) is 3.99. The highest BCUT2D eigenvalue weighted by Crippen LogP contribution is 2.44. The number of nitriles is 1. The number of rotatable bonds is 2. The van der Waals surface area contributed by atoms with Crippen molar-refractivity contribution in [2.75, 3.05) is 0 Å². The topological polar surface area (TPSA) is 76.9 Å². The molecule has 3 aromatic rings. The van der Waals surface area contributed by atoms with Crippen molar-refractivity contribution in [3.63, 3.8) is 0 Å². The molecule has 2 N–H and O–H groups in total. The van der Waals surface area contributed by atoms with Crippen LogP contribution in [0.4, 0.5) is 8.78 Å². The number of allylic oxidation sites excluding steroid dienone is 1. The maximum atomic E-state index is 13.9. The first-order valence-corrected chi connectivity index (χ1v) is 8.59. The highest BCUT2D eigenvalue weighted by molar-refractivity contribution is 5.57. The fraction of sp³-hybridized carbons (Fsp3) is 0.143. The number of nitrogens with two attached hydrogens (primary N) is 1. The molecule has 140 valence electrons. The quantitative estimate of drug-likeness (QED) is 0.732. The monoisotopic (exact) mass is 378 g/mol. The molecule has 1 aliphatic heterocycles. The highest BCUT2D eigenvalue weighted by atomic mass is 19.2. The van der Waals surface area contributed by atoms with Crippen molar-refractivity contribution in [2.24, 2.45) is 5.73 Å². The van der Waals surface area contributed by atoms with E-state index in [9.17, 15) is 14.0 Å². The summed E-state index contributed by atoms with van der Waals surface area (Å²) in [7, 11) is 0. The largest absolute Gasteiger partial charge is 0.422 e. The van der Waals surface area contributed by atoms with Gasteiger partial charge in [-0.1, -0.05) is 23.8 Å². The first kappa shape index (κ1) is 17.7. The zero-order valence-corrected chi connectivity index (χ0v) is 15.2. The maximum Gasteiger partial charge on any atom is 0.229 e. The third-order valence-electron chi connectivity index (χ3n) is 4.79. The molecule has 2 heterocycles. The fourth-order valence-corrected chi connectivity index (χ4v) is 3.40. The molecule has 0 fully saturated rings. The van der Waals surface area contributed by atoms with Gasteiger partial charge in [-0.25, -0.2) is 13.5 Å². The SMILES string of the molecule is Cc1ccc(-n2nc(C)c3c2OC(N)=C(C#N)[C@H]3c2ccc(F)c(F)c2)cc1. The van der Waals surface area contributed by atoms with Gasteiger partial charge in [0.25, 0.3) is 0 Å². The molecular weight excluding hydrogens is 362 g/mol. The maximum absolute atomic E-state index is 13.9. The molecule has 28 heavy (non-hydrogen) atoms. The van der Waals surface area contributed by atoms with Gasteiger partial charge in [0.1, 0.15) is 11.6 Å². The Hall–Kier alpha value is -3.66. The fourth-order valence-electron chi connectivity index (χ4n) is 3.40. The minimum Gasteiger partial charge on any atom is -0.422 e. The van der Waals surface area contributed by atoms with Crippen LogP contribution in [0.25, 0.3) is 5.69 Å². The summed E-state index contributed by atoms with van der Waals surface area (Å²) in [6.45, 7) is 3.75. The molecule has 4 rings (SSSR count). The Morgan fingerprint density at radius 3 is 2.46 bits per heavy atom. The second kappa shape index (κ2) is 6.50. The number of halogens is 2. The van der Waals surface area contributed by atoms with Crippen LogP contribution in [0.15, 0.2) is 53.9 Å². The van der Waals surface area contributed by atoms with Crippen LogP contribution in [0.2, 0.25) is 0 Å². The summed E-state index contributed by atoms with van der Waals surface area (Å²) in [5.74, 6) is -2.39. The summed E-state index contributed by atoms with van der Waals surface area (Å²) < 4.78 is 34.7. The minimum absolute atomic E-state index is 0.0852. The molecule has 0 radical (unpaired) electrons. The van der Waals surface area contributed by atoms with Crippen LogP contribution in [0, 0.1) is 36.8 Å². The van der Waals surface area contributed by atoms with E-state index in [0.29, 0.717) is 22.7 Å². The van der Waals surface area contributed by atoms with Gasteiger partial charge in [-0.3, -0.25) is 0 Å². The van der Waals surface area contributed by atoms with Crippen LogP contribution >= 0.6 is 0 Å². The molecule has 1 aliphatic rings. The van der Waals surface area contributed by atoms with Crippen molar-refractivity contribution in [1.82, 2.24) is 9.78 Å². The Kier molecular flexibility index (Phi) is 4.12. The summed E-state index contributed by atoms with van der Waals surface area (Å²) in [5, 5.41) is 14.2. The number of benzene rings is 2. The molecular formula is C21H16F2N4O. The van der Waals surface area contributed by atoms with Crippen molar-refractivity contribution in [3.05, 3.63) is 87.9 Å². The third-order valence-corrected chi connectivity index (χ3v) is 4.79. The van der Waals surface area contributed by atoms with E-state index in [4.69, 9.17) is 10.5 Å². The van der Waals surface area contributed by atoms with Gasteiger partial charge in [0.15, 0.2) is 11.6 Å². The molecule has 7 heteroatoms. The van der Waals surface area contributed by atoms with Gasteiger partial charge < -0.3 is 10.5 Å². The Labute approximate surface area is 160 Å². The van der Waals surface area contributed by atoms with E-state index in [-0.39, 0.29) is 11.5 Å². The number of hydrogen-bond acceptors (Lipinski definition) is 4. The average Bonchev–Trinajstić information content (AvgIpc) is 2.99. The van der Waals surface area contributed by atoms with Crippen LogP contribution in [0.5, 0.6) is 5.88 Å². The molecule has 0 saturated carbocycles. The van der Waals surface area contributed by atoms with Crippen LogP contribution < -0.4 is 10.5 Å². The minimum atomic E-state index is -0.995. The first-order chi connectivity index (χ1) is 13.4. The second-order valence-corrected chi connectivity index (χ2v) is 6.65. The number of aryl methyl sites for hydroxylation is 2. The van der Waals surface area contributed by atoms with Gasteiger partial charge in [-0.15, -0.1) is 0 Å². The van der Waals surface area contributed by atoms with Gasteiger partial charge in [0, 0.05) is 0 Å². The standard InChI is InChI=1S/C21H16F2N4O/c1-11-3-6-14(7-4-11)27-21-18(12(2)26-27)19(15(10-24)20(25)28-21)13-5-8-16(22)17(23)9-13/h3-9,19H,25H2,1-2H3/t19-/m1/s1. The molecule has 5 nitrogen and oxygen atoms in total. The van der Waals surface area contributed by atoms with Gasteiger partial charge in [0.05, 0.1) is 22.9 Å². The number of hydrogen-bond donors (Lipinski definition) is 1. The number of fused-ring (bicyclic) bond motifs is 1. The van der Waals surface area contributed by atoms with Gasteiger partial charge in [-0.05, 0) is 43.7 Å². The van der Waals surface area contributed by atoms with Crippen molar-refractivity contribution in [1.29, 1.82) is 5.26 Å². The normalized spacial score (nSPS) is 15.8. The van der Waals surface area contributed by atoms with Crippen molar-refractivity contribution in [2.45, 2.75) is 19.8 Å². The lowest BCUT2D eigenvalue weighted by molar-refractivity contribution is 0.367. The van der Waals surface area contributed by atoms with Crippen LogP contribution in [-0.4, -0.2) is 9.78 Å². The van der Waals surface area contributed by atoms with Crippen molar-refractivity contribution < 1.29 is 13.5 Å². The van der Waals surface area contributed by atoms with E-state index in [1.165, 1.54) is 6.07 Å². The van der Waals surface area contributed by atoms with E-state index < -0.39 is 17.6 Å². The molecule has 0 spiro atoms. The molecule has 1 atom stereocenters. The number of ether oxygens (including phenoxy) is 1. The highest BCUT2D eigenvalue weighted by Gasteiger charge is 2.36. The Morgan fingerprint density at radius 2 is 1.82 bits per heavy atom. The molecule has 2 aromatic carbocycles. The Balaban J connectivity index is 1.95. The van der Waals surface area contributed by atoms with Gasteiger partial charge in [-0.2, -0.15) is 10.4 Å². The van der Waals surface area contributed by atoms with E-state index in [0.717, 1.165) is 23.4 Å². The molecule has 0 bridgehead atoms. The molecule has 0 saturated heterocycles. The average molecular weight is 378 g/mol. The lowest BCUT2D eigenvalue weighted by Crippen LogP contribution is -2.22. The lowest BCUT2D eigenvalue weighted by atomic mass is 9.84. The van der Waals surface area contributed by atoms with E-state index in [2.05, 4.69) is 5.10 Å². The van der Waals surface area contributed by atoms with Crippen molar-refractivity contribution >= 4 is 0 Å². The predicted molar refractivity (Wildman–Crippen MR) is 98.7 cm³/mol. The molecule has 0 aliphatic carbocycles. The van der Waals surface area contributed by atoms with Crippen LogP contribution in [0.3, 0.4) is 0 Å². The van der Waals surface area contributed by atoms with E-state index >= 15 is 0 Å². The third kappa shape index (κ3) is 2.70. The van der Waals surface area contributed by atoms with Gasteiger partial charge in [0.2, 0.25) is 11.8 Å². The smallest absolute Gasteiger partial charge is 0.229 e. The lowest BCUT2D eigenvalue weighted by Gasteiger charge is -2.25. The zero-order chi connectivity index (χ0) is 20.0. The van der Waals surface area contributed by atoms with Crippen LogP contribution in [-0.2, 0) is 0 Å². The molecule has 1 aromatic heterocycles. The second-order valence-electron chi connectivity index (χ2n) is 6.65. The Bertz CT molecular complexity index is 1160. The van der Waals surface area contributed by atoms with Gasteiger partial charge >= 0.3 is 0 Å². The van der Waals surface area contributed by atoms with E-state index in [1.807, 2.05) is 37.3 Å². The van der Waals surface area contributed by atoms with Crippen LogP contribution in [0.1, 0.15) is 28.3 Å². The number of aromatic nitrogens is 2. The molecule has 0 amide bonds. The first-order valence-electron chi connectivity index (χ1n) is 8.59. The summed E-state index contributed by atoms with van der Waals surface area (Å²) in [6, 6.07) is 13.2. The summed E-state index contributed by atoms with van der Waals surface area (Å²) >= 11 is 0. The Morgan fingerprint density at radius 1 is 1.11 bits per heavy atom. The molecule has 0 unspecified atom stereocenters. The number of nitrogens with zero attached hydrogens (tertiary/aromatic N) is 3. The summed E-state index contributed by atoms with van der Waals surface area (Å²) in [5.41, 5.74) is 9.58. The zero-order valence-electron chi connectivity index (χ0n) is 15.2. The van der Waals surface area contributed by atoms with Crippen molar-refractivity contribution in [3.8, 4) is 17.6 Å².